The van der Waals surface area contributed by atoms with Gasteiger partial charge in [-0.3, -0.25) is 4.79 Å². The molecule has 20 heavy (non-hydrogen) atoms. The van der Waals surface area contributed by atoms with Crippen LogP contribution in [0.3, 0.4) is 0 Å². The van der Waals surface area contributed by atoms with Gasteiger partial charge in [0.05, 0.1) is 5.56 Å². The van der Waals surface area contributed by atoms with Crippen molar-refractivity contribution in [1.82, 2.24) is 5.32 Å². The highest BCUT2D eigenvalue weighted by atomic mass is 32.2. The summed E-state index contributed by atoms with van der Waals surface area (Å²) in [6, 6.07) is 9.65. The molecule has 0 unspecified atom stereocenters. The topological polar surface area (TPSA) is 42.2 Å². The van der Waals surface area contributed by atoms with Crippen LogP contribution < -0.4 is 5.32 Å². The minimum atomic E-state index is -0.0418. The smallest absolute Gasteiger partial charge is 0.252 e. The number of nitrogens with one attached hydrogen (secondary N) is 1. The third-order valence-electron chi connectivity index (χ3n) is 3.01. The molecule has 3 nitrogen and oxygen atoms in total. The molecule has 0 radical (unpaired) electrons. The summed E-state index contributed by atoms with van der Waals surface area (Å²) in [4.78, 5) is 13.3. The van der Waals surface area contributed by atoms with E-state index in [0.717, 1.165) is 33.3 Å². The van der Waals surface area contributed by atoms with Gasteiger partial charge in [0, 0.05) is 17.0 Å². The Bertz CT molecular complexity index is 604. The summed E-state index contributed by atoms with van der Waals surface area (Å²) in [6.07, 6.45) is 0. The molecule has 2 rings (SSSR count). The van der Waals surface area contributed by atoms with Crippen molar-refractivity contribution in [3.05, 3.63) is 53.0 Å². The Labute approximate surface area is 123 Å². The maximum absolute atomic E-state index is 12.3. The Balaban J connectivity index is 2.07. The van der Waals surface area contributed by atoms with E-state index < -0.39 is 0 Å². The molecule has 0 atom stereocenters. The second-order valence-corrected chi connectivity index (χ2v) is 5.86. The predicted molar refractivity (Wildman–Crippen MR) is 82.2 cm³/mol. The summed E-state index contributed by atoms with van der Waals surface area (Å²) < 4.78 is 5.46. The van der Waals surface area contributed by atoms with Crippen LogP contribution in [0.25, 0.3) is 0 Å². The van der Waals surface area contributed by atoms with Crippen molar-refractivity contribution in [1.29, 1.82) is 0 Å². The van der Waals surface area contributed by atoms with E-state index in [1.165, 1.54) is 0 Å². The lowest BCUT2D eigenvalue weighted by atomic mass is 10.2. The molecule has 1 N–H and O–H groups in total. The highest BCUT2D eigenvalue weighted by molar-refractivity contribution is 7.99. The summed E-state index contributed by atoms with van der Waals surface area (Å²) in [7, 11) is 0. The molecule has 0 saturated carbocycles. The van der Waals surface area contributed by atoms with Gasteiger partial charge in [-0.05, 0) is 37.8 Å². The van der Waals surface area contributed by atoms with Crippen molar-refractivity contribution in [3.8, 4) is 0 Å². The summed E-state index contributed by atoms with van der Waals surface area (Å²) in [5.41, 5.74) is 1.76. The van der Waals surface area contributed by atoms with Gasteiger partial charge < -0.3 is 9.73 Å². The van der Waals surface area contributed by atoms with Gasteiger partial charge in [0.15, 0.2) is 0 Å². The normalized spacial score (nSPS) is 10.6. The van der Waals surface area contributed by atoms with E-state index in [9.17, 15) is 4.79 Å². The Hall–Kier alpha value is -1.68. The van der Waals surface area contributed by atoms with E-state index >= 15 is 0 Å². The van der Waals surface area contributed by atoms with Crippen LogP contribution >= 0.6 is 11.8 Å². The van der Waals surface area contributed by atoms with E-state index in [0.29, 0.717) is 6.54 Å². The fraction of sp³-hybridized carbons (Fsp3) is 0.312. The number of benzene rings is 1. The third kappa shape index (κ3) is 3.45. The number of carbonyl (C=O) groups is 1. The van der Waals surface area contributed by atoms with E-state index in [-0.39, 0.29) is 5.91 Å². The lowest BCUT2D eigenvalue weighted by Crippen LogP contribution is -2.23. The first-order valence-electron chi connectivity index (χ1n) is 6.67. The van der Waals surface area contributed by atoms with Crippen LogP contribution in [0.2, 0.25) is 0 Å². The molecule has 1 amide bonds. The molecule has 2 aromatic rings. The summed E-state index contributed by atoms with van der Waals surface area (Å²) in [6.45, 7) is 6.39. The standard InChI is InChI=1S/C16H19NO2S/c1-4-20-15-8-6-5-7-14(15)16(18)17-10-13-9-11(2)19-12(13)3/h5-9H,4,10H2,1-3H3,(H,17,18). The fourth-order valence-corrected chi connectivity index (χ4v) is 2.87. The van der Waals surface area contributed by atoms with Crippen LogP contribution in [-0.4, -0.2) is 11.7 Å². The van der Waals surface area contributed by atoms with Crippen LogP contribution in [0, 0.1) is 13.8 Å². The van der Waals surface area contributed by atoms with Gasteiger partial charge in [0.2, 0.25) is 0 Å². The van der Waals surface area contributed by atoms with E-state index in [1.54, 1.807) is 11.8 Å². The van der Waals surface area contributed by atoms with Crippen molar-refractivity contribution >= 4 is 17.7 Å². The Kier molecular flexibility index (Phi) is 4.90. The molecular weight excluding hydrogens is 270 g/mol. The van der Waals surface area contributed by atoms with Crippen LogP contribution in [-0.2, 0) is 6.54 Å². The second kappa shape index (κ2) is 6.66. The molecule has 0 spiro atoms. The highest BCUT2D eigenvalue weighted by Gasteiger charge is 2.12. The molecule has 1 aromatic heterocycles. The minimum Gasteiger partial charge on any atom is -0.466 e. The van der Waals surface area contributed by atoms with Crippen molar-refractivity contribution in [2.45, 2.75) is 32.2 Å². The highest BCUT2D eigenvalue weighted by Crippen LogP contribution is 2.22. The monoisotopic (exact) mass is 289 g/mol. The average molecular weight is 289 g/mol. The number of thioether (sulfide) groups is 1. The molecule has 0 aliphatic heterocycles. The van der Waals surface area contributed by atoms with Crippen LogP contribution in [0.1, 0.15) is 34.4 Å². The van der Waals surface area contributed by atoms with Crippen LogP contribution in [0.5, 0.6) is 0 Å². The molecular formula is C16H19NO2S. The zero-order chi connectivity index (χ0) is 14.5. The molecule has 1 heterocycles. The molecule has 0 fully saturated rings. The predicted octanol–water partition coefficient (Wildman–Crippen LogP) is 3.94. The number of carbonyl (C=O) groups excluding carboxylic acids is 1. The fourth-order valence-electron chi connectivity index (χ4n) is 2.07. The maximum Gasteiger partial charge on any atom is 0.252 e. The quantitative estimate of drug-likeness (QED) is 0.848. The first kappa shape index (κ1) is 14.7. The van der Waals surface area contributed by atoms with Crippen molar-refractivity contribution in [3.63, 3.8) is 0 Å². The molecule has 106 valence electrons. The first-order chi connectivity index (χ1) is 9.61. The number of furan rings is 1. The number of aryl methyl sites for hydroxylation is 2. The largest absolute Gasteiger partial charge is 0.466 e. The van der Waals surface area contributed by atoms with Gasteiger partial charge in [-0.15, -0.1) is 11.8 Å². The Morgan fingerprint density at radius 3 is 2.70 bits per heavy atom. The van der Waals surface area contributed by atoms with E-state index in [4.69, 9.17) is 4.42 Å². The number of hydrogen-bond acceptors (Lipinski definition) is 3. The molecule has 0 bridgehead atoms. The average Bonchev–Trinajstić information content (AvgIpc) is 2.75. The van der Waals surface area contributed by atoms with Gasteiger partial charge in [-0.1, -0.05) is 19.1 Å². The lowest BCUT2D eigenvalue weighted by molar-refractivity contribution is 0.0948. The number of rotatable bonds is 5. The van der Waals surface area contributed by atoms with Crippen molar-refractivity contribution < 1.29 is 9.21 Å². The zero-order valence-corrected chi connectivity index (χ0v) is 12.8. The van der Waals surface area contributed by atoms with Crippen LogP contribution in [0.15, 0.2) is 39.6 Å². The minimum absolute atomic E-state index is 0.0418. The summed E-state index contributed by atoms with van der Waals surface area (Å²) in [5.74, 6) is 2.64. The summed E-state index contributed by atoms with van der Waals surface area (Å²) in [5, 5.41) is 2.96. The third-order valence-corrected chi connectivity index (χ3v) is 3.97. The maximum atomic E-state index is 12.3. The van der Waals surface area contributed by atoms with Crippen molar-refractivity contribution in [2.75, 3.05) is 5.75 Å². The van der Waals surface area contributed by atoms with E-state index in [1.807, 2.05) is 44.2 Å². The SMILES string of the molecule is CCSc1ccccc1C(=O)NCc1cc(C)oc1C. The van der Waals surface area contributed by atoms with Gasteiger partial charge in [0.25, 0.3) is 5.91 Å². The zero-order valence-electron chi connectivity index (χ0n) is 12.0. The first-order valence-corrected chi connectivity index (χ1v) is 7.66. The van der Waals surface area contributed by atoms with Gasteiger partial charge in [0.1, 0.15) is 11.5 Å². The van der Waals surface area contributed by atoms with Crippen LogP contribution in [0.4, 0.5) is 0 Å². The summed E-state index contributed by atoms with van der Waals surface area (Å²) >= 11 is 1.68. The lowest BCUT2D eigenvalue weighted by Gasteiger charge is -2.08. The van der Waals surface area contributed by atoms with E-state index in [2.05, 4.69) is 12.2 Å². The van der Waals surface area contributed by atoms with Gasteiger partial charge >= 0.3 is 0 Å². The molecule has 1 aromatic carbocycles. The van der Waals surface area contributed by atoms with Gasteiger partial charge in [-0.2, -0.15) is 0 Å². The number of amides is 1. The molecule has 0 aliphatic rings. The number of hydrogen-bond donors (Lipinski definition) is 1. The molecule has 0 aliphatic carbocycles. The van der Waals surface area contributed by atoms with Crippen molar-refractivity contribution in [2.24, 2.45) is 0 Å². The van der Waals surface area contributed by atoms with Gasteiger partial charge in [-0.25, -0.2) is 0 Å². The Morgan fingerprint density at radius 2 is 2.05 bits per heavy atom. The molecule has 0 saturated heterocycles. The molecule has 4 heteroatoms. The second-order valence-electron chi connectivity index (χ2n) is 4.55. The Morgan fingerprint density at radius 1 is 1.30 bits per heavy atom.